The summed E-state index contributed by atoms with van der Waals surface area (Å²) < 4.78 is 86.5. The standard InChI is InChI=1S/C26H21F6NO2.C3H6O2/c27-25(28,29)21-7-1-17(2-8-21)14-33-15-20-13-23(11-5-19(20)6-12-24(33)34)35-16-18-3-9-22(10-4-18)26(30,31)32;1-3(4)5-2/h1-5,7-11,13H,6,12,14-16H2;1-2H3. The van der Waals surface area contributed by atoms with Crippen LogP contribution in [0.2, 0.25) is 0 Å². The van der Waals surface area contributed by atoms with Crippen molar-refractivity contribution in [3.8, 4) is 5.75 Å². The topological polar surface area (TPSA) is 55.8 Å². The number of alkyl halides is 6. The molecule has 11 heteroatoms. The third-order valence-corrected chi connectivity index (χ3v) is 6.13. The molecular formula is C29H27F6NO4. The highest BCUT2D eigenvalue weighted by atomic mass is 19.4. The van der Waals surface area contributed by atoms with Gasteiger partial charge >= 0.3 is 18.3 Å². The number of aryl methyl sites for hydroxylation is 1. The number of methoxy groups -OCH3 is 1. The van der Waals surface area contributed by atoms with Crippen LogP contribution in [0.3, 0.4) is 0 Å². The zero-order valence-electron chi connectivity index (χ0n) is 21.7. The van der Waals surface area contributed by atoms with Crippen LogP contribution in [-0.2, 0) is 52.8 Å². The van der Waals surface area contributed by atoms with Crippen molar-refractivity contribution in [3.05, 3.63) is 100 Å². The van der Waals surface area contributed by atoms with E-state index < -0.39 is 23.5 Å². The average Bonchev–Trinajstić information content (AvgIpc) is 3.05. The summed E-state index contributed by atoms with van der Waals surface area (Å²) in [5.74, 6) is 0.158. The molecule has 4 rings (SSSR count). The van der Waals surface area contributed by atoms with Gasteiger partial charge in [-0.3, -0.25) is 9.59 Å². The highest BCUT2D eigenvalue weighted by Gasteiger charge is 2.31. The van der Waals surface area contributed by atoms with Gasteiger partial charge < -0.3 is 14.4 Å². The van der Waals surface area contributed by atoms with Crippen molar-refractivity contribution in [2.24, 2.45) is 0 Å². The van der Waals surface area contributed by atoms with Crippen LogP contribution in [0.15, 0.2) is 66.7 Å². The molecule has 0 N–H and O–H groups in total. The second-order valence-electron chi connectivity index (χ2n) is 9.05. The van der Waals surface area contributed by atoms with Crippen LogP contribution in [0.4, 0.5) is 26.3 Å². The summed E-state index contributed by atoms with van der Waals surface area (Å²) in [6, 6.07) is 14.8. The maximum absolute atomic E-state index is 12.8. The molecule has 5 nitrogen and oxygen atoms in total. The minimum Gasteiger partial charge on any atom is -0.489 e. The Bertz CT molecular complexity index is 1300. The Morgan fingerprint density at radius 2 is 1.32 bits per heavy atom. The number of amides is 1. The molecule has 1 heterocycles. The van der Waals surface area contributed by atoms with Gasteiger partial charge in [-0.2, -0.15) is 26.3 Å². The fourth-order valence-electron chi connectivity index (χ4n) is 3.90. The summed E-state index contributed by atoms with van der Waals surface area (Å²) >= 11 is 0. The van der Waals surface area contributed by atoms with E-state index in [1.165, 1.54) is 38.3 Å². The number of ether oxygens (including phenoxy) is 2. The number of hydrogen-bond acceptors (Lipinski definition) is 4. The second kappa shape index (κ2) is 12.9. The normalized spacial score (nSPS) is 13.5. The molecular weight excluding hydrogens is 540 g/mol. The maximum atomic E-state index is 12.8. The number of nitrogens with zero attached hydrogens (tertiary/aromatic N) is 1. The van der Waals surface area contributed by atoms with Crippen molar-refractivity contribution >= 4 is 11.9 Å². The third-order valence-electron chi connectivity index (χ3n) is 6.13. The number of carbonyl (C=O) groups excluding carboxylic acids is 2. The quantitative estimate of drug-likeness (QED) is 0.247. The molecule has 1 aliphatic heterocycles. The fourth-order valence-corrected chi connectivity index (χ4v) is 3.90. The molecule has 0 radical (unpaired) electrons. The van der Waals surface area contributed by atoms with Crippen LogP contribution >= 0.6 is 0 Å². The molecule has 0 aliphatic carbocycles. The third kappa shape index (κ3) is 8.75. The number of hydrogen-bond donors (Lipinski definition) is 0. The van der Waals surface area contributed by atoms with Crippen LogP contribution < -0.4 is 4.74 Å². The van der Waals surface area contributed by atoms with Gasteiger partial charge in [-0.1, -0.05) is 30.3 Å². The summed E-state index contributed by atoms with van der Waals surface area (Å²) in [6.45, 7) is 1.88. The average molecular weight is 568 g/mol. The molecule has 1 aliphatic rings. The number of halogens is 6. The molecule has 0 saturated carbocycles. The van der Waals surface area contributed by atoms with Crippen molar-refractivity contribution in [1.82, 2.24) is 4.90 Å². The van der Waals surface area contributed by atoms with Gasteiger partial charge in [0.1, 0.15) is 12.4 Å². The van der Waals surface area contributed by atoms with Crippen LogP contribution in [-0.4, -0.2) is 23.9 Å². The van der Waals surface area contributed by atoms with Gasteiger partial charge in [0, 0.05) is 26.4 Å². The van der Waals surface area contributed by atoms with Crippen molar-refractivity contribution in [1.29, 1.82) is 0 Å². The van der Waals surface area contributed by atoms with E-state index in [9.17, 15) is 35.9 Å². The highest BCUT2D eigenvalue weighted by molar-refractivity contribution is 5.77. The molecule has 3 aromatic carbocycles. The van der Waals surface area contributed by atoms with E-state index in [-0.39, 0.29) is 38.0 Å². The molecule has 40 heavy (non-hydrogen) atoms. The van der Waals surface area contributed by atoms with Crippen molar-refractivity contribution < 1.29 is 45.4 Å². The molecule has 0 unspecified atom stereocenters. The van der Waals surface area contributed by atoms with E-state index in [2.05, 4.69) is 4.74 Å². The van der Waals surface area contributed by atoms with Crippen LogP contribution in [0, 0.1) is 0 Å². The number of benzene rings is 3. The highest BCUT2D eigenvalue weighted by Crippen LogP contribution is 2.31. The molecule has 0 aromatic heterocycles. The first kappa shape index (κ1) is 30.5. The Balaban J connectivity index is 0.000000810. The van der Waals surface area contributed by atoms with Crippen molar-refractivity contribution in [2.45, 2.75) is 51.8 Å². The first-order valence-electron chi connectivity index (χ1n) is 12.2. The number of fused-ring (bicyclic) bond motifs is 1. The Morgan fingerprint density at radius 3 is 1.82 bits per heavy atom. The van der Waals surface area contributed by atoms with Gasteiger partial charge in [0.2, 0.25) is 5.91 Å². The first-order chi connectivity index (χ1) is 18.8. The largest absolute Gasteiger partial charge is 0.489 e. The van der Waals surface area contributed by atoms with E-state index in [0.717, 1.165) is 35.4 Å². The Kier molecular flexibility index (Phi) is 9.83. The molecule has 0 fully saturated rings. The summed E-state index contributed by atoms with van der Waals surface area (Å²) in [5.41, 5.74) is 1.51. The van der Waals surface area contributed by atoms with Gasteiger partial charge in [0.25, 0.3) is 0 Å². The summed E-state index contributed by atoms with van der Waals surface area (Å²) in [6.07, 6.45) is -8.02. The molecule has 3 aromatic rings. The zero-order valence-corrected chi connectivity index (χ0v) is 21.7. The lowest BCUT2D eigenvalue weighted by Gasteiger charge is -2.22. The molecule has 0 atom stereocenters. The molecule has 214 valence electrons. The van der Waals surface area contributed by atoms with Gasteiger partial charge in [0.15, 0.2) is 0 Å². The fraction of sp³-hybridized carbons (Fsp3) is 0.310. The van der Waals surface area contributed by atoms with Crippen LogP contribution in [0.25, 0.3) is 0 Å². The molecule has 0 bridgehead atoms. The maximum Gasteiger partial charge on any atom is 0.416 e. The Morgan fingerprint density at radius 1 is 0.800 bits per heavy atom. The first-order valence-corrected chi connectivity index (χ1v) is 12.2. The zero-order chi connectivity index (χ0) is 29.5. The van der Waals surface area contributed by atoms with Crippen molar-refractivity contribution in [3.63, 3.8) is 0 Å². The molecule has 0 spiro atoms. The number of esters is 1. The van der Waals surface area contributed by atoms with E-state index >= 15 is 0 Å². The van der Waals surface area contributed by atoms with Crippen LogP contribution in [0.5, 0.6) is 5.75 Å². The monoisotopic (exact) mass is 567 g/mol. The predicted octanol–water partition coefficient (Wildman–Crippen LogP) is 6.96. The predicted molar refractivity (Wildman–Crippen MR) is 134 cm³/mol. The smallest absolute Gasteiger partial charge is 0.416 e. The summed E-state index contributed by atoms with van der Waals surface area (Å²) in [4.78, 5) is 23.8. The lowest BCUT2D eigenvalue weighted by molar-refractivity contribution is -0.138. The summed E-state index contributed by atoms with van der Waals surface area (Å²) in [5, 5.41) is 0. The molecule has 1 amide bonds. The SMILES string of the molecule is COC(C)=O.O=C1CCc2ccc(OCc3ccc(C(F)(F)F)cc3)cc2CN1Cc1ccc(C(F)(F)F)cc1. The van der Waals surface area contributed by atoms with Gasteiger partial charge in [0.05, 0.1) is 18.2 Å². The minimum atomic E-state index is -4.42. The van der Waals surface area contributed by atoms with Gasteiger partial charge in [-0.25, -0.2) is 0 Å². The molecule has 0 saturated heterocycles. The summed E-state index contributed by atoms with van der Waals surface area (Å²) in [7, 11) is 1.35. The second-order valence-corrected chi connectivity index (χ2v) is 9.05. The Labute approximate surface area is 227 Å². The minimum absolute atomic E-state index is 0.0745. The van der Waals surface area contributed by atoms with Gasteiger partial charge in [-0.05, 0) is 65.1 Å². The van der Waals surface area contributed by atoms with E-state index in [0.29, 0.717) is 23.3 Å². The Hall–Kier alpha value is -4.02. The van der Waals surface area contributed by atoms with E-state index in [1.807, 2.05) is 6.07 Å². The van der Waals surface area contributed by atoms with E-state index in [1.54, 1.807) is 17.0 Å². The number of carbonyl (C=O) groups is 2. The van der Waals surface area contributed by atoms with Crippen LogP contribution in [0.1, 0.15) is 46.7 Å². The van der Waals surface area contributed by atoms with Gasteiger partial charge in [-0.15, -0.1) is 0 Å². The number of rotatable bonds is 5. The van der Waals surface area contributed by atoms with Crippen molar-refractivity contribution in [2.75, 3.05) is 7.11 Å². The van der Waals surface area contributed by atoms with E-state index in [4.69, 9.17) is 4.74 Å². The lowest BCUT2D eigenvalue weighted by Crippen LogP contribution is -2.28. The lowest BCUT2D eigenvalue weighted by atomic mass is 10.0.